The van der Waals surface area contributed by atoms with E-state index in [9.17, 15) is 4.79 Å². The van der Waals surface area contributed by atoms with E-state index in [0.29, 0.717) is 5.92 Å². The van der Waals surface area contributed by atoms with Gasteiger partial charge in [-0.1, -0.05) is 0 Å². The molecule has 0 aliphatic carbocycles. The van der Waals surface area contributed by atoms with E-state index in [1.54, 1.807) is 11.3 Å². The van der Waals surface area contributed by atoms with Gasteiger partial charge in [0.2, 0.25) is 0 Å². The number of fused-ring (bicyclic) bond motifs is 1. The van der Waals surface area contributed by atoms with E-state index >= 15 is 0 Å². The van der Waals surface area contributed by atoms with Gasteiger partial charge in [0.25, 0.3) is 5.91 Å². The molecule has 1 unspecified atom stereocenters. The molecule has 1 saturated heterocycles. The van der Waals surface area contributed by atoms with Gasteiger partial charge >= 0.3 is 0 Å². The molecule has 2 aliphatic heterocycles. The molecule has 0 radical (unpaired) electrons. The van der Waals surface area contributed by atoms with Gasteiger partial charge in [0.1, 0.15) is 0 Å². The molecule has 3 heterocycles. The summed E-state index contributed by atoms with van der Waals surface area (Å²) >= 11 is 3.71. The predicted molar refractivity (Wildman–Crippen MR) is 91.4 cm³/mol. The van der Waals surface area contributed by atoms with Gasteiger partial charge in [-0.3, -0.25) is 4.79 Å². The van der Waals surface area contributed by atoms with Crippen LogP contribution in [0.3, 0.4) is 0 Å². The van der Waals surface area contributed by atoms with Crippen LogP contribution >= 0.6 is 23.1 Å². The lowest BCUT2D eigenvalue weighted by atomic mass is 9.99. The van der Waals surface area contributed by atoms with Crippen LogP contribution in [-0.4, -0.2) is 42.7 Å². The Bertz CT molecular complexity index is 471. The number of carbonyl (C=O) groups is 1. The van der Waals surface area contributed by atoms with Crippen molar-refractivity contribution in [1.29, 1.82) is 0 Å². The number of nitrogens with one attached hydrogen (secondary N) is 1. The number of thioether (sulfide) groups is 1. The van der Waals surface area contributed by atoms with Crippen molar-refractivity contribution < 1.29 is 4.79 Å². The topological polar surface area (TPSA) is 32.3 Å². The standard InChI is InChI=1S/C16H24N2OS2/c1-2-18(10-12-4-3-6-17-9-12)16(19)15-8-13-11-20-7-5-14(13)21-15/h8,12,17H,2-7,9-11H2,1H3. The number of carbonyl (C=O) groups excluding carboxylic acids is 1. The van der Waals surface area contributed by atoms with Gasteiger partial charge in [-0.05, 0) is 62.6 Å². The number of hydrogen-bond donors (Lipinski definition) is 1. The molecule has 1 atom stereocenters. The van der Waals surface area contributed by atoms with Crippen LogP contribution < -0.4 is 5.32 Å². The van der Waals surface area contributed by atoms with Gasteiger partial charge in [-0.2, -0.15) is 11.8 Å². The molecule has 1 N–H and O–H groups in total. The summed E-state index contributed by atoms with van der Waals surface area (Å²) in [6.45, 7) is 6.00. The first-order chi connectivity index (χ1) is 10.3. The smallest absolute Gasteiger partial charge is 0.263 e. The van der Waals surface area contributed by atoms with E-state index in [2.05, 4.69) is 18.3 Å². The largest absolute Gasteiger partial charge is 0.338 e. The van der Waals surface area contributed by atoms with Crippen molar-refractivity contribution in [2.24, 2.45) is 5.92 Å². The predicted octanol–water partition coefficient (Wildman–Crippen LogP) is 3.00. The quantitative estimate of drug-likeness (QED) is 0.924. The fourth-order valence-corrected chi connectivity index (χ4v) is 5.50. The third-order valence-electron chi connectivity index (χ3n) is 4.38. The molecule has 0 bridgehead atoms. The monoisotopic (exact) mass is 324 g/mol. The second-order valence-electron chi connectivity index (χ2n) is 5.92. The van der Waals surface area contributed by atoms with E-state index in [-0.39, 0.29) is 5.91 Å². The van der Waals surface area contributed by atoms with Gasteiger partial charge < -0.3 is 10.2 Å². The molecule has 5 heteroatoms. The third-order valence-corrected chi connectivity index (χ3v) is 6.62. The molecular formula is C16H24N2OS2. The third kappa shape index (κ3) is 3.63. The summed E-state index contributed by atoms with van der Waals surface area (Å²) in [4.78, 5) is 17.2. The molecule has 21 heavy (non-hydrogen) atoms. The minimum Gasteiger partial charge on any atom is -0.338 e. The van der Waals surface area contributed by atoms with Gasteiger partial charge in [0.15, 0.2) is 0 Å². The van der Waals surface area contributed by atoms with Crippen LogP contribution in [0, 0.1) is 5.92 Å². The zero-order valence-corrected chi connectivity index (χ0v) is 14.3. The number of aryl methyl sites for hydroxylation is 1. The molecule has 1 fully saturated rings. The number of piperidine rings is 1. The Morgan fingerprint density at radius 2 is 2.43 bits per heavy atom. The Morgan fingerprint density at radius 1 is 1.52 bits per heavy atom. The lowest BCUT2D eigenvalue weighted by molar-refractivity contribution is 0.0734. The average Bonchev–Trinajstić information content (AvgIpc) is 2.97. The number of rotatable bonds is 4. The molecule has 1 amide bonds. The summed E-state index contributed by atoms with van der Waals surface area (Å²) in [6, 6.07) is 2.15. The summed E-state index contributed by atoms with van der Waals surface area (Å²) < 4.78 is 0. The first-order valence-corrected chi connectivity index (χ1v) is 9.94. The summed E-state index contributed by atoms with van der Waals surface area (Å²) in [5.41, 5.74) is 1.40. The van der Waals surface area contributed by atoms with Crippen molar-refractivity contribution in [2.75, 3.05) is 31.9 Å². The van der Waals surface area contributed by atoms with E-state index in [1.165, 1.54) is 29.0 Å². The Hall–Kier alpha value is -0.520. The molecule has 116 valence electrons. The van der Waals surface area contributed by atoms with Gasteiger partial charge in [-0.25, -0.2) is 0 Å². The van der Waals surface area contributed by atoms with Gasteiger partial charge in [0.05, 0.1) is 4.88 Å². The van der Waals surface area contributed by atoms with Crippen molar-refractivity contribution in [3.05, 3.63) is 21.4 Å². The Kier molecular flexibility index (Phi) is 5.24. The van der Waals surface area contributed by atoms with Crippen molar-refractivity contribution in [1.82, 2.24) is 10.2 Å². The molecular weight excluding hydrogens is 300 g/mol. The van der Waals surface area contributed by atoms with Crippen LogP contribution in [0.4, 0.5) is 0 Å². The van der Waals surface area contributed by atoms with Crippen molar-refractivity contribution in [3.63, 3.8) is 0 Å². The maximum atomic E-state index is 12.8. The molecule has 0 saturated carbocycles. The fraction of sp³-hybridized carbons (Fsp3) is 0.688. The van der Waals surface area contributed by atoms with Crippen LogP contribution in [0.25, 0.3) is 0 Å². The van der Waals surface area contributed by atoms with Crippen LogP contribution in [0.2, 0.25) is 0 Å². The highest BCUT2D eigenvalue weighted by Crippen LogP contribution is 2.32. The minimum absolute atomic E-state index is 0.243. The van der Waals surface area contributed by atoms with Crippen molar-refractivity contribution in [3.8, 4) is 0 Å². The fourth-order valence-electron chi connectivity index (χ4n) is 3.16. The lowest BCUT2D eigenvalue weighted by Crippen LogP contribution is -2.40. The number of hydrogen-bond acceptors (Lipinski definition) is 4. The number of nitrogens with zero attached hydrogens (tertiary/aromatic N) is 1. The number of amides is 1. The summed E-state index contributed by atoms with van der Waals surface area (Å²) in [5.74, 6) is 3.14. The lowest BCUT2D eigenvalue weighted by Gasteiger charge is -2.29. The highest BCUT2D eigenvalue weighted by molar-refractivity contribution is 7.98. The summed E-state index contributed by atoms with van der Waals surface area (Å²) in [7, 11) is 0. The molecule has 0 aromatic carbocycles. The molecule has 1 aromatic rings. The van der Waals surface area contributed by atoms with Gasteiger partial charge in [-0.15, -0.1) is 11.3 Å². The Morgan fingerprint density at radius 3 is 3.14 bits per heavy atom. The highest BCUT2D eigenvalue weighted by atomic mass is 32.2. The average molecular weight is 325 g/mol. The zero-order chi connectivity index (χ0) is 14.7. The van der Waals surface area contributed by atoms with E-state index in [4.69, 9.17) is 0 Å². The van der Waals surface area contributed by atoms with Crippen molar-refractivity contribution >= 4 is 29.0 Å². The summed E-state index contributed by atoms with van der Waals surface area (Å²) in [5, 5.41) is 3.44. The van der Waals surface area contributed by atoms with Crippen molar-refractivity contribution in [2.45, 2.75) is 31.9 Å². The second kappa shape index (κ2) is 7.16. The molecule has 3 rings (SSSR count). The molecule has 3 nitrogen and oxygen atoms in total. The number of thiophene rings is 1. The minimum atomic E-state index is 0.243. The van der Waals surface area contributed by atoms with E-state index < -0.39 is 0 Å². The maximum absolute atomic E-state index is 12.8. The zero-order valence-electron chi connectivity index (χ0n) is 12.7. The first-order valence-electron chi connectivity index (χ1n) is 7.97. The molecule has 2 aliphatic rings. The Balaban J connectivity index is 1.67. The molecule has 1 aromatic heterocycles. The van der Waals surface area contributed by atoms with Crippen LogP contribution in [0.5, 0.6) is 0 Å². The SMILES string of the molecule is CCN(CC1CCCNC1)C(=O)c1cc2c(s1)CCSC2. The van der Waals surface area contributed by atoms with Crippen LogP contribution in [-0.2, 0) is 12.2 Å². The van der Waals surface area contributed by atoms with E-state index in [0.717, 1.165) is 43.2 Å². The molecule has 0 spiro atoms. The Labute approximate surface area is 135 Å². The van der Waals surface area contributed by atoms with Crippen LogP contribution in [0.15, 0.2) is 6.07 Å². The first kappa shape index (κ1) is 15.4. The van der Waals surface area contributed by atoms with Crippen LogP contribution in [0.1, 0.15) is 39.9 Å². The van der Waals surface area contributed by atoms with E-state index in [1.807, 2.05) is 16.7 Å². The maximum Gasteiger partial charge on any atom is 0.263 e. The van der Waals surface area contributed by atoms with Gasteiger partial charge in [0, 0.05) is 23.7 Å². The highest BCUT2D eigenvalue weighted by Gasteiger charge is 2.23. The second-order valence-corrected chi connectivity index (χ2v) is 8.16. The summed E-state index contributed by atoms with van der Waals surface area (Å²) in [6.07, 6.45) is 3.62. The normalized spacial score (nSPS) is 21.9.